The summed E-state index contributed by atoms with van der Waals surface area (Å²) in [5.41, 5.74) is 2.79. The molecule has 5 nitrogen and oxygen atoms in total. The molecule has 0 aliphatic carbocycles. The highest BCUT2D eigenvalue weighted by Gasteiger charge is 2.16. The Balaban J connectivity index is 1.87. The lowest BCUT2D eigenvalue weighted by atomic mass is 9.87. The van der Waals surface area contributed by atoms with E-state index in [4.69, 9.17) is 4.74 Å². The van der Waals surface area contributed by atoms with Crippen LogP contribution in [0.25, 0.3) is 0 Å². The molecule has 2 N–H and O–H groups in total. The van der Waals surface area contributed by atoms with E-state index >= 15 is 0 Å². The molecular weight excluding hydrogens is 340 g/mol. The number of carbonyl (C=O) groups excluding carboxylic acids is 2. The maximum atomic E-state index is 12.3. The lowest BCUT2D eigenvalue weighted by molar-refractivity contribution is -0.127. The standard InChI is InChI=1S/C22H28N2O3/c1-15(27-19-12-10-18(11-13-19)22(2,3)4)20(25)24-14-16-6-8-17(9-7-16)21(26)23-5/h6-13,15H,14H2,1-5H3,(H,23,26)(H,24,25). The van der Waals surface area contributed by atoms with Gasteiger partial charge in [-0.05, 0) is 47.7 Å². The van der Waals surface area contributed by atoms with Crippen LogP contribution in [0.3, 0.4) is 0 Å². The van der Waals surface area contributed by atoms with Crippen molar-refractivity contribution in [3.63, 3.8) is 0 Å². The fourth-order valence-electron chi connectivity index (χ4n) is 2.54. The van der Waals surface area contributed by atoms with Gasteiger partial charge in [-0.3, -0.25) is 9.59 Å². The Morgan fingerprint density at radius 1 is 1.00 bits per heavy atom. The Bertz CT molecular complexity index is 775. The molecule has 1 atom stereocenters. The second-order valence-electron chi connectivity index (χ2n) is 7.53. The number of hydrogen-bond donors (Lipinski definition) is 2. The quantitative estimate of drug-likeness (QED) is 0.821. The summed E-state index contributed by atoms with van der Waals surface area (Å²) in [7, 11) is 1.59. The fourth-order valence-corrected chi connectivity index (χ4v) is 2.54. The molecule has 27 heavy (non-hydrogen) atoms. The Hall–Kier alpha value is -2.82. The number of carbonyl (C=O) groups is 2. The van der Waals surface area contributed by atoms with Crippen molar-refractivity contribution in [1.82, 2.24) is 10.6 Å². The number of ether oxygens (including phenoxy) is 1. The third-order valence-electron chi connectivity index (χ3n) is 4.31. The molecule has 0 aliphatic rings. The smallest absolute Gasteiger partial charge is 0.261 e. The van der Waals surface area contributed by atoms with E-state index in [0.29, 0.717) is 17.9 Å². The SMILES string of the molecule is CNC(=O)c1ccc(CNC(=O)C(C)Oc2ccc(C(C)(C)C)cc2)cc1. The van der Waals surface area contributed by atoms with Crippen molar-refractivity contribution >= 4 is 11.8 Å². The minimum atomic E-state index is -0.601. The summed E-state index contributed by atoms with van der Waals surface area (Å²) in [4.78, 5) is 23.8. The molecule has 0 spiro atoms. The average molecular weight is 368 g/mol. The van der Waals surface area contributed by atoms with Gasteiger partial charge in [-0.25, -0.2) is 0 Å². The van der Waals surface area contributed by atoms with E-state index in [1.807, 2.05) is 36.4 Å². The maximum absolute atomic E-state index is 12.3. The number of amides is 2. The third-order valence-corrected chi connectivity index (χ3v) is 4.31. The minimum absolute atomic E-state index is 0.0782. The zero-order valence-electron chi connectivity index (χ0n) is 16.6. The summed E-state index contributed by atoms with van der Waals surface area (Å²) in [6, 6.07) is 14.9. The monoisotopic (exact) mass is 368 g/mol. The maximum Gasteiger partial charge on any atom is 0.261 e. The molecule has 2 aromatic carbocycles. The van der Waals surface area contributed by atoms with Crippen LogP contribution in [0.1, 0.15) is 49.2 Å². The fraction of sp³-hybridized carbons (Fsp3) is 0.364. The Labute approximate surface area is 161 Å². The van der Waals surface area contributed by atoms with Crippen LogP contribution in [0.2, 0.25) is 0 Å². The van der Waals surface area contributed by atoms with E-state index in [9.17, 15) is 9.59 Å². The molecule has 5 heteroatoms. The van der Waals surface area contributed by atoms with Crippen LogP contribution in [-0.4, -0.2) is 25.0 Å². The van der Waals surface area contributed by atoms with Crippen molar-refractivity contribution in [1.29, 1.82) is 0 Å². The van der Waals surface area contributed by atoms with Crippen molar-refractivity contribution in [2.75, 3.05) is 7.05 Å². The second kappa shape index (κ2) is 8.71. The number of benzene rings is 2. The lowest BCUT2D eigenvalue weighted by Gasteiger charge is -2.20. The molecule has 0 saturated heterocycles. The van der Waals surface area contributed by atoms with Crippen LogP contribution in [0.4, 0.5) is 0 Å². The highest BCUT2D eigenvalue weighted by Crippen LogP contribution is 2.24. The first-order valence-electron chi connectivity index (χ1n) is 9.06. The molecule has 2 amide bonds. The minimum Gasteiger partial charge on any atom is -0.481 e. The molecule has 0 fully saturated rings. The topological polar surface area (TPSA) is 67.4 Å². The number of rotatable bonds is 6. The van der Waals surface area contributed by atoms with Gasteiger partial charge in [0, 0.05) is 19.2 Å². The molecule has 0 bridgehead atoms. The van der Waals surface area contributed by atoms with Gasteiger partial charge in [0.25, 0.3) is 11.8 Å². The molecule has 2 aromatic rings. The summed E-state index contributed by atoms with van der Waals surface area (Å²) in [5, 5.41) is 5.43. The average Bonchev–Trinajstić information content (AvgIpc) is 2.65. The van der Waals surface area contributed by atoms with E-state index in [1.54, 1.807) is 26.1 Å². The highest BCUT2D eigenvalue weighted by atomic mass is 16.5. The molecule has 0 aromatic heterocycles. The molecule has 0 heterocycles. The van der Waals surface area contributed by atoms with Crippen molar-refractivity contribution in [3.05, 3.63) is 65.2 Å². The molecule has 1 unspecified atom stereocenters. The predicted molar refractivity (Wildman–Crippen MR) is 107 cm³/mol. The Kier molecular flexibility index (Phi) is 6.61. The van der Waals surface area contributed by atoms with Crippen LogP contribution in [-0.2, 0) is 16.8 Å². The molecule has 2 rings (SSSR count). The van der Waals surface area contributed by atoms with Gasteiger partial charge in [0.1, 0.15) is 5.75 Å². The predicted octanol–water partition coefficient (Wildman–Crippen LogP) is 3.43. The van der Waals surface area contributed by atoms with Crippen LogP contribution in [0, 0.1) is 0 Å². The lowest BCUT2D eigenvalue weighted by Crippen LogP contribution is -2.35. The van der Waals surface area contributed by atoms with E-state index in [-0.39, 0.29) is 17.2 Å². The normalized spacial score (nSPS) is 12.2. The summed E-state index contributed by atoms with van der Waals surface area (Å²) >= 11 is 0. The number of nitrogens with one attached hydrogen (secondary N) is 2. The third kappa shape index (κ3) is 5.84. The molecule has 0 radical (unpaired) electrons. The van der Waals surface area contributed by atoms with E-state index < -0.39 is 6.10 Å². The Morgan fingerprint density at radius 2 is 1.59 bits per heavy atom. The summed E-state index contributed by atoms with van der Waals surface area (Å²) in [6.45, 7) is 8.56. The summed E-state index contributed by atoms with van der Waals surface area (Å²) < 4.78 is 5.73. The molecule has 0 aliphatic heterocycles. The highest BCUT2D eigenvalue weighted by molar-refractivity contribution is 5.93. The van der Waals surface area contributed by atoms with Gasteiger partial charge in [0.15, 0.2) is 6.10 Å². The van der Waals surface area contributed by atoms with Gasteiger partial charge in [-0.15, -0.1) is 0 Å². The zero-order valence-corrected chi connectivity index (χ0v) is 16.6. The largest absolute Gasteiger partial charge is 0.481 e. The van der Waals surface area contributed by atoms with Crippen molar-refractivity contribution < 1.29 is 14.3 Å². The van der Waals surface area contributed by atoms with E-state index in [1.165, 1.54) is 5.56 Å². The van der Waals surface area contributed by atoms with Gasteiger partial charge < -0.3 is 15.4 Å². The van der Waals surface area contributed by atoms with Crippen LogP contribution >= 0.6 is 0 Å². The van der Waals surface area contributed by atoms with E-state index in [2.05, 4.69) is 31.4 Å². The van der Waals surface area contributed by atoms with Crippen LogP contribution in [0.5, 0.6) is 5.75 Å². The van der Waals surface area contributed by atoms with Crippen molar-refractivity contribution in [2.45, 2.75) is 45.8 Å². The van der Waals surface area contributed by atoms with Gasteiger partial charge in [0.05, 0.1) is 0 Å². The van der Waals surface area contributed by atoms with Crippen molar-refractivity contribution in [2.24, 2.45) is 0 Å². The molecule has 0 saturated carbocycles. The molecule has 144 valence electrons. The Morgan fingerprint density at radius 3 is 2.11 bits per heavy atom. The van der Waals surface area contributed by atoms with Crippen molar-refractivity contribution in [3.8, 4) is 5.75 Å². The van der Waals surface area contributed by atoms with E-state index in [0.717, 1.165) is 5.56 Å². The number of hydrogen-bond acceptors (Lipinski definition) is 3. The van der Waals surface area contributed by atoms with Crippen LogP contribution in [0.15, 0.2) is 48.5 Å². The van der Waals surface area contributed by atoms with Gasteiger partial charge in [-0.1, -0.05) is 45.0 Å². The first kappa shape index (κ1) is 20.5. The summed E-state index contributed by atoms with van der Waals surface area (Å²) in [6.07, 6.45) is -0.601. The molecular formula is C22H28N2O3. The van der Waals surface area contributed by atoms with Gasteiger partial charge >= 0.3 is 0 Å². The zero-order chi connectivity index (χ0) is 20.0. The summed E-state index contributed by atoms with van der Waals surface area (Å²) in [5.74, 6) is 0.343. The first-order valence-corrected chi connectivity index (χ1v) is 9.06. The van der Waals surface area contributed by atoms with Gasteiger partial charge in [-0.2, -0.15) is 0 Å². The second-order valence-corrected chi connectivity index (χ2v) is 7.53. The first-order chi connectivity index (χ1) is 12.7. The van der Waals surface area contributed by atoms with Gasteiger partial charge in [0.2, 0.25) is 0 Å². The van der Waals surface area contributed by atoms with Crippen LogP contribution < -0.4 is 15.4 Å².